The number of rotatable bonds is 8. The van der Waals surface area contributed by atoms with Crippen LogP contribution in [0.3, 0.4) is 0 Å². The van der Waals surface area contributed by atoms with Gasteiger partial charge in [-0.1, -0.05) is 30.3 Å². The van der Waals surface area contributed by atoms with Crippen LogP contribution in [-0.4, -0.2) is 73.0 Å². The lowest BCUT2D eigenvalue weighted by molar-refractivity contribution is -0.133. The molecule has 1 aromatic carbocycles. The fourth-order valence-corrected chi connectivity index (χ4v) is 3.02. The summed E-state index contributed by atoms with van der Waals surface area (Å²) >= 11 is 0. The molecule has 5 heteroatoms. The summed E-state index contributed by atoms with van der Waals surface area (Å²) in [5.41, 5.74) is 7.08. The molecule has 24 heavy (non-hydrogen) atoms. The van der Waals surface area contributed by atoms with Crippen molar-refractivity contribution in [1.29, 1.82) is 0 Å². The van der Waals surface area contributed by atoms with Gasteiger partial charge in [0.2, 0.25) is 5.91 Å². The van der Waals surface area contributed by atoms with Crippen LogP contribution in [-0.2, 0) is 11.3 Å². The van der Waals surface area contributed by atoms with Gasteiger partial charge in [-0.2, -0.15) is 0 Å². The molecule has 2 N–H and O–H groups in total. The van der Waals surface area contributed by atoms with Crippen molar-refractivity contribution in [3.63, 3.8) is 0 Å². The van der Waals surface area contributed by atoms with E-state index < -0.39 is 0 Å². The highest BCUT2D eigenvalue weighted by molar-refractivity contribution is 5.76. The number of benzene rings is 1. The topological polar surface area (TPSA) is 52.8 Å². The molecule has 1 fully saturated rings. The summed E-state index contributed by atoms with van der Waals surface area (Å²) in [6, 6.07) is 10.7. The Morgan fingerprint density at radius 1 is 1.21 bits per heavy atom. The fourth-order valence-electron chi connectivity index (χ4n) is 3.02. The van der Waals surface area contributed by atoms with Crippen molar-refractivity contribution >= 4 is 5.91 Å². The third-order valence-electron chi connectivity index (χ3n) is 4.63. The Bertz CT molecular complexity index is 483. The second-order valence-electron chi connectivity index (χ2n) is 6.96. The van der Waals surface area contributed by atoms with E-state index in [1.807, 2.05) is 11.8 Å². The maximum absolute atomic E-state index is 12.1. The zero-order valence-corrected chi connectivity index (χ0v) is 15.2. The van der Waals surface area contributed by atoms with Crippen molar-refractivity contribution in [1.82, 2.24) is 14.7 Å². The fraction of sp³-hybridized carbons (Fsp3) is 0.632. The summed E-state index contributed by atoms with van der Waals surface area (Å²) in [6.45, 7) is 8.69. The van der Waals surface area contributed by atoms with Gasteiger partial charge in [-0.15, -0.1) is 0 Å². The Hall–Kier alpha value is -1.43. The third-order valence-corrected chi connectivity index (χ3v) is 4.63. The Morgan fingerprint density at radius 2 is 1.88 bits per heavy atom. The van der Waals surface area contributed by atoms with E-state index in [0.29, 0.717) is 6.42 Å². The normalized spacial score (nSPS) is 17.2. The molecule has 134 valence electrons. The van der Waals surface area contributed by atoms with Crippen molar-refractivity contribution < 1.29 is 4.79 Å². The minimum atomic E-state index is 0.107. The molecule has 0 aromatic heterocycles. The first-order valence-electron chi connectivity index (χ1n) is 9.03. The molecule has 1 atom stereocenters. The number of amides is 1. The largest absolute Gasteiger partial charge is 0.340 e. The number of likely N-dealkylation sites (N-methyl/N-ethyl adjacent to an activating group) is 1. The van der Waals surface area contributed by atoms with E-state index in [1.165, 1.54) is 5.56 Å². The third kappa shape index (κ3) is 6.59. The molecule has 1 aliphatic rings. The number of nitrogens with two attached hydrogens (primary N) is 1. The van der Waals surface area contributed by atoms with E-state index in [1.54, 1.807) is 0 Å². The average Bonchev–Trinajstić information content (AvgIpc) is 2.59. The minimum Gasteiger partial charge on any atom is -0.340 e. The van der Waals surface area contributed by atoms with E-state index in [0.717, 1.165) is 52.2 Å². The molecule has 1 heterocycles. The molecular weight excluding hydrogens is 300 g/mol. The van der Waals surface area contributed by atoms with Crippen molar-refractivity contribution in [2.45, 2.75) is 32.4 Å². The second-order valence-corrected chi connectivity index (χ2v) is 6.96. The van der Waals surface area contributed by atoms with Gasteiger partial charge in [0.1, 0.15) is 0 Å². The molecule has 0 radical (unpaired) electrons. The predicted octanol–water partition coefficient (Wildman–Crippen LogP) is 1.39. The Labute approximate surface area is 146 Å². The summed E-state index contributed by atoms with van der Waals surface area (Å²) in [7, 11) is 2.17. The SMILES string of the molecule is CC(N)CCC(=O)N1CCN(CCN(C)Cc2ccccc2)CC1. The maximum Gasteiger partial charge on any atom is 0.222 e. The standard InChI is InChI=1S/C19H32N4O/c1-17(20)8-9-19(24)23-14-12-22(13-15-23)11-10-21(2)16-18-6-4-3-5-7-18/h3-7,17H,8-16,20H2,1-2H3. The lowest BCUT2D eigenvalue weighted by atomic mass is 10.1. The van der Waals surface area contributed by atoms with E-state index in [-0.39, 0.29) is 11.9 Å². The van der Waals surface area contributed by atoms with Gasteiger partial charge in [0.15, 0.2) is 0 Å². The van der Waals surface area contributed by atoms with Gasteiger partial charge >= 0.3 is 0 Å². The van der Waals surface area contributed by atoms with Gasteiger partial charge in [0.05, 0.1) is 0 Å². The molecular formula is C19H32N4O. The molecule has 2 rings (SSSR count). The molecule has 1 amide bonds. The molecule has 0 aliphatic carbocycles. The predicted molar refractivity (Wildman–Crippen MR) is 98.7 cm³/mol. The molecule has 0 saturated carbocycles. The van der Waals surface area contributed by atoms with Gasteiger partial charge in [-0.3, -0.25) is 9.69 Å². The number of piperazine rings is 1. The smallest absolute Gasteiger partial charge is 0.222 e. The summed E-state index contributed by atoms with van der Waals surface area (Å²) in [5.74, 6) is 0.258. The number of hydrogen-bond donors (Lipinski definition) is 1. The number of nitrogens with zero attached hydrogens (tertiary/aromatic N) is 3. The van der Waals surface area contributed by atoms with Gasteiger partial charge in [0.25, 0.3) is 0 Å². The van der Waals surface area contributed by atoms with E-state index >= 15 is 0 Å². The molecule has 5 nitrogen and oxygen atoms in total. The molecule has 0 bridgehead atoms. The quantitative estimate of drug-likeness (QED) is 0.782. The first-order valence-corrected chi connectivity index (χ1v) is 9.03. The van der Waals surface area contributed by atoms with Crippen LogP contribution < -0.4 is 5.73 Å². The van der Waals surface area contributed by atoms with Crippen LogP contribution in [0.1, 0.15) is 25.3 Å². The van der Waals surface area contributed by atoms with Gasteiger partial charge in [-0.05, 0) is 26.0 Å². The Kier molecular flexibility index (Phi) is 7.69. The van der Waals surface area contributed by atoms with Crippen LogP contribution >= 0.6 is 0 Å². The maximum atomic E-state index is 12.1. The first kappa shape index (κ1) is 18.9. The summed E-state index contributed by atoms with van der Waals surface area (Å²) in [4.78, 5) is 18.9. The summed E-state index contributed by atoms with van der Waals surface area (Å²) in [6.07, 6.45) is 1.36. The van der Waals surface area contributed by atoms with Crippen LogP contribution in [0, 0.1) is 0 Å². The minimum absolute atomic E-state index is 0.107. The van der Waals surface area contributed by atoms with Crippen LogP contribution in [0.25, 0.3) is 0 Å². The average molecular weight is 332 g/mol. The van der Waals surface area contributed by atoms with E-state index in [9.17, 15) is 4.79 Å². The van der Waals surface area contributed by atoms with Crippen molar-refractivity contribution in [3.05, 3.63) is 35.9 Å². The summed E-state index contributed by atoms with van der Waals surface area (Å²) < 4.78 is 0. The summed E-state index contributed by atoms with van der Waals surface area (Å²) in [5, 5.41) is 0. The highest BCUT2D eigenvalue weighted by Crippen LogP contribution is 2.07. The molecule has 0 spiro atoms. The Balaban J connectivity index is 1.63. The lowest BCUT2D eigenvalue weighted by Crippen LogP contribution is -2.50. The van der Waals surface area contributed by atoms with Gasteiger partial charge in [0, 0.05) is 58.3 Å². The van der Waals surface area contributed by atoms with Gasteiger partial charge in [-0.25, -0.2) is 0 Å². The van der Waals surface area contributed by atoms with E-state index in [2.05, 4.69) is 47.2 Å². The lowest BCUT2D eigenvalue weighted by Gasteiger charge is -2.35. The number of carbonyl (C=O) groups excluding carboxylic acids is 1. The molecule has 1 saturated heterocycles. The van der Waals surface area contributed by atoms with Crippen LogP contribution in [0.4, 0.5) is 0 Å². The van der Waals surface area contributed by atoms with Crippen molar-refractivity contribution in [2.75, 3.05) is 46.3 Å². The zero-order valence-electron chi connectivity index (χ0n) is 15.2. The highest BCUT2D eigenvalue weighted by Gasteiger charge is 2.20. The molecule has 1 aromatic rings. The van der Waals surface area contributed by atoms with Crippen molar-refractivity contribution in [2.24, 2.45) is 5.73 Å². The number of carbonyl (C=O) groups is 1. The van der Waals surface area contributed by atoms with Crippen LogP contribution in [0.2, 0.25) is 0 Å². The van der Waals surface area contributed by atoms with Crippen LogP contribution in [0.5, 0.6) is 0 Å². The number of hydrogen-bond acceptors (Lipinski definition) is 4. The molecule has 1 aliphatic heterocycles. The first-order chi connectivity index (χ1) is 11.5. The molecule has 1 unspecified atom stereocenters. The van der Waals surface area contributed by atoms with E-state index in [4.69, 9.17) is 5.73 Å². The van der Waals surface area contributed by atoms with Gasteiger partial charge < -0.3 is 15.5 Å². The highest BCUT2D eigenvalue weighted by atomic mass is 16.2. The van der Waals surface area contributed by atoms with Crippen LogP contribution in [0.15, 0.2) is 30.3 Å². The van der Waals surface area contributed by atoms with Crippen molar-refractivity contribution in [3.8, 4) is 0 Å². The Morgan fingerprint density at radius 3 is 2.50 bits per heavy atom. The monoisotopic (exact) mass is 332 g/mol. The zero-order chi connectivity index (χ0) is 17.4. The second kappa shape index (κ2) is 9.77.